The minimum Gasteiger partial charge on any atom is -0.343 e. The second-order valence-corrected chi connectivity index (χ2v) is 7.31. The van der Waals surface area contributed by atoms with Crippen molar-refractivity contribution in [2.24, 2.45) is 0 Å². The molecule has 0 atom stereocenters. The van der Waals surface area contributed by atoms with Crippen LogP contribution in [0.5, 0.6) is 0 Å². The van der Waals surface area contributed by atoms with Gasteiger partial charge in [0.25, 0.3) is 0 Å². The Hall–Kier alpha value is -0.920. The normalized spacial score (nSPS) is 17.4. The van der Waals surface area contributed by atoms with Crippen molar-refractivity contribution in [3.8, 4) is 0 Å². The Morgan fingerprint density at radius 1 is 1.11 bits per heavy atom. The molecule has 0 bridgehead atoms. The number of amides is 1. The summed E-state index contributed by atoms with van der Waals surface area (Å²) in [6.07, 6.45) is 0.763. The molecule has 1 aliphatic rings. The SMILES string of the molecule is O=CN1CCN(S(=O)(=O)Cc2ccc(Br)cc2)CC1. The lowest BCUT2D eigenvalue weighted by Crippen LogP contribution is -2.48. The van der Waals surface area contributed by atoms with E-state index in [9.17, 15) is 13.2 Å². The van der Waals surface area contributed by atoms with E-state index in [1.54, 1.807) is 17.0 Å². The van der Waals surface area contributed by atoms with Crippen molar-refractivity contribution >= 4 is 32.4 Å². The van der Waals surface area contributed by atoms with Crippen LogP contribution in [0.15, 0.2) is 28.7 Å². The number of carbonyl (C=O) groups is 1. The average Bonchev–Trinajstić information content (AvgIpc) is 2.41. The molecular formula is C12H15BrN2O3S. The van der Waals surface area contributed by atoms with Gasteiger partial charge in [0.1, 0.15) is 0 Å². The molecule has 0 unspecified atom stereocenters. The molecule has 0 radical (unpaired) electrons. The first-order valence-electron chi connectivity index (χ1n) is 5.93. The van der Waals surface area contributed by atoms with E-state index in [-0.39, 0.29) is 5.75 Å². The zero-order valence-electron chi connectivity index (χ0n) is 10.3. The van der Waals surface area contributed by atoms with E-state index in [4.69, 9.17) is 0 Å². The number of sulfonamides is 1. The van der Waals surface area contributed by atoms with Crippen molar-refractivity contribution in [2.75, 3.05) is 26.2 Å². The van der Waals surface area contributed by atoms with Crippen molar-refractivity contribution in [3.05, 3.63) is 34.3 Å². The monoisotopic (exact) mass is 346 g/mol. The van der Waals surface area contributed by atoms with E-state index in [1.165, 1.54) is 4.31 Å². The number of rotatable bonds is 4. The van der Waals surface area contributed by atoms with Crippen LogP contribution in [0, 0.1) is 0 Å². The molecule has 1 amide bonds. The molecule has 1 fully saturated rings. The summed E-state index contributed by atoms with van der Waals surface area (Å²) in [5.74, 6) is 0.00136. The fraction of sp³-hybridized carbons (Fsp3) is 0.417. The highest BCUT2D eigenvalue weighted by Crippen LogP contribution is 2.16. The summed E-state index contributed by atoms with van der Waals surface area (Å²) in [5, 5.41) is 0. The van der Waals surface area contributed by atoms with Gasteiger partial charge in [-0.1, -0.05) is 28.1 Å². The highest BCUT2D eigenvalue weighted by molar-refractivity contribution is 9.10. The molecule has 1 aliphatic heterocycles. The molecule has 19 heavy (non-hydrogen) atoms. The van der Waals surface area contributed by atoms with Crippen LogP contribution < -0.4 is 0 Å². The van der Waals surface area contributed by atoms with E-state index < -0.39 is 10.0 Å². The lowest BCUT2D eigenvalue weighted by Gasteiger charge is -2.31. The Kier molecular flexibility index (Phi) is 4.59. The summed E-state index contributed by atoms with van der Waals surface area (Å²) in [6.45, 7) is 1.67. The molecule has 0 saturated carbocycles. The average molecular weight is 347 g/mol. The summed E-state index contributed by atoms with van der Waals surface area (Å²) < 4.78 is 26.9. The maximum absolute atomic E-state index is 12.2. The number of carbonyl (C=O) groups excluding carboxylic acids is 1. The van der Waals surface area contributed by atoms with Gasteiger partial charge >= 0.3 is 0 Å². The van der Waals surface area contributed by atoms with Gasteiger partial charge in [0, 0.05) is 30.7 Å². The fourth-order valence-corrected chi connectivity index (χ4v) is 3.75. The number of nitrogens with zero attached hydrogens (tertiary/aromatic N) is 2. The number of piperazine rings is 1. The third kappa shape index (κ3) is 3.77. The van der Waals surface area contributed by atoms with Crippen LogP contribution in [-0.2, 0) is 20.6 Å². The Bertz CT molecular complexity index is 537. The van der Waals surface area contributed by atoms with Gasteiger partial charge in [-0.15, -0.1) is 0 Å². The molecule has 0 spiro atoms. The maximum atomic E-state index is 12.2. The van der Waals surface area contributed by atoms with Gasteiger partial charge in [0.05, 0.1) is 5.75 Å². The van der Waals surface area contributed by atoms with Crippen molar-refractivity contribution in [1.82, 2.24) is 9.21 Å². The van der Waals surface area contributed by atoms with Crippen LogP contribution in [-0.4, -0.2) is 50.2 Å². The van der Waals surface area contributed by atoms with Gasteiger partial charge in [0.2, 0.25) is 16.4 Å². The van der Waals surface area contributed by atoms with Gasteiger partial charge < -0.3 is 4.90 Å². The third-order valence-corrected chi connectivity index (χ3v) is 5.46. The van der Waals surface area contributed by atoms with Gasteiger partial charge in [-0.2, -0.15) is 4.31 Å². The Labute approximate surface area is 121 Å². The summed E-state index contributed by atoms with van der Waals surface area (Å²) in [6, 6.07) is 7.25. The molecule has 1 heterocycles. The molecule has 0 aromatic heterocycles. The Morgan fingerprint density at radius 2 is 1.68 bits per heavy atom. The zero-order valence-corrected chi connectivity index (χ0v) is 12.7. The molecular weight excluding hydrogens is 332 g/mol. The van der Waals surface area contributed by atoms with Crippen molar-refractivity contribution in [1.29, 1.82) is 0 Å². The number of benzene rings is 1. The van der Waals surface area contributed by atoms with E-state index in [0.717, 1.165) is 16.4 Å². The second-order valence-electron chi connectivity index (χ2n) is 4.42. The molecule has 0 N–H and O–H groups in total. The summed E-state index contributed by atoms with van der Waals surface area (Å²) in [5.41, 5.74) is 0.765. The van der Waals surface area contributed by atoms with Crippen LogP contribution in [0.4, 0.5) is 0 Å². The topological polar surface area (TPSA) is 57.7 Å². The number of halogens is 1. The van der Waals surface area contributed by atoms with Crippen molar-refractivity contribution in [3.63, 3.8) is 0 Å². The molecule has 1 aromatic rings. The lowest BCUT2D eigenvalue weighted by atomic mass is 10.2. The standard InChI is InChI=1S/C12H15BrN2O3S/c13-12-3-1-11(2-4-12)9-19(17,18)15-7-5-14(10-16)6-8-15/h1-4,10H,5-9H2. The molecule has 1 saturated heterocycles. The Morgan fingerprint density at radius 3 is 2.21 bits per heavy atom. The first-order chi connectivity index (χ1) is 9.01. The van der Waals surface area contributed by atoms with Crippen LogP contribution in [0.2, 0.25) is 0 Å². The molecule has 7 heteroatoms. The van der Waals surface area contributed by atoms with Crippen LogP contribution >= 0.6 is 15.9 Å². The van der Waals surface area contributed by atoms with Crippen molar-refractivity contribution < 1.29 is 13.2 Å². The minimum atomic E-state index is -3.31. The van der Waals surface area contributed by atoms with Gasteiger partial charge in [-0.05, 0) is 17.7 Å². The molecule has 0 aliphatic carbocycles. The smallest absolute Gasteiger partial charge is 0.218 e. The number of hydrogen-bond acceptors (Lipinski definition) is 3. The number of hydrogen-bond donors (Lipinski definition) is 0. The summed E-state index contributed by atoms with van der Waals surface area (Å²) in [4.78, 5) is 12.2. The largest absolute Gasteiger partial charge is 0.343 e. The first kappa shape index (κ1) is 14.5. The zero-order chi connectivity index (χ0) is 13.9. The maximum Gasteiger partial charge on any atom is 0.218 e. The van der Waals surface area contributed by atoms with Crippen LogP contribution in [0.1, 0.15) is 5.56 Å². The second kappa shape index (κ2) is 6.02. The predicted molar refractivity (Wildman–Crippen MR) is 76.0 cm³/mol. The summed E-state index contributed by atoms with van der Waals surface area (Å²) >= 11 is 3.32. The molecule has 2 rings (SSSR count). The molecule has 1 aromatic carbocycles. The van der Waals surface area contributed by atoms with Gasteiger partial charge in [0.15, 0.2) is 0 Å². The van der Waals surface area contributed by atoms with Gasteiger partial charge in [-0.25, -0.2) is 8.42 Å². The first-order valence-corrected chi connectivity index (χ1v) is 8.33. The highest BCUT2D eigenvalue weighted by atomic mass is 79.9. The molecule has 104 valence electrons. The van der Waals surface area contributed by atoms with Crippen LogP contribution in [0.3, 0.4) is 0 Å². The van der Waals surface area contributed by atoms with E-state index in [2.05, 4.69) is 15.9 Å². The molecule has 5 nitrogen and oxygen atoms in total. The Balaban J connectivity index is 2.02. The lowest BCUT2D eigenvalue weighted by molar-refractivity contribution is -0.119. The fourth-order valence-electron chi connectivity index (χ4n) is 1.97. The van der Waals surface area contributed by atoms with E-state index in [0.29, 0.717) is 26.2 Å². The van der Waals surface area contributed by atoms with E-state index >= 15 is 0 Å². The quantitative estimate of drug-likeness (QED) is 0.765. The van der Waals surface area contributed by atoms with Crippen molar-refractivity contribution in [2.45, 2.75) is 5.75 Å². The summed E-state index contributed by atoms with van der Waals surface area (Å²) in [7, 11) is -3.31. The predicted octanol–water partition coefficient (Wildman–Crippen LogP) is 1.05. The minimum absolute atomic E-state index is 0.00136. The van der Waals surface area contributed by atoms with E-state index in [1.807, 2.05) is 12.1 Å². The highest BCUT2D eigenvalue weighted by Gasteiger charge is 2.26. The van der Waals surface area contributed by atoms with Crippen LogP contribution in [0.25, 0.3) is 0 Å². The van der Waals surface area contributed by atoms with Gasteiger partial charge in [-0.3, -0.25) is 4.79 Å². The third-order valence-electron chi connectivity index (χ3n) is 3.08.